The maximum atomic E-state index is 11.9. The van der Waals surface area contributed by atoms with Crippen LogP contribution >= 0.6 is 11.6 Å². The predicted octanol–water partition coefficient (Wildman–Crippen LogP) is 4.24. The number of hydrogen-bond donors (Lipinski definition) is 0. The van der Waals surface area contributed by atoms with Crippen molar-refractivity contribution in [3.05, 3.63) is 34.9 Å². The van der Waals surface area contributed by atoms with Gasteiger partial charge in [0.1, 0.15) is 0 Å². The Morgan fingerprint density at radius 3 is 2.79 bits per heavy atom. The van der Waals surface area contributed by atoms with Crippen LogP contribution < -0.4 is 0 Å². The molecule has 0 N–H and O–H groups in total. The average molecular weight is 277 g/mol. The molecule has 1 saturated carbocycles. The zero-order valence-electron chi connectivity index (χ0n) is 11.0. The second-order valence-electron chi connectivity index (χ2n) is 5.33. The van der Waals surface area contributed by atoms with E-state index in [2.05, 4.69) is 4.98 Å². The fourth-order valence-corrected chi connectivity index (χ4v) is 3.39. The molecule has 0 bridgehead atoms. The van der Waals surface area contributed by atoms with Crippen LogP contribution in [0.1, 0.15) is 61.0 Å². The highest BCUT2D eigenvalue weighted by atomic mass is 35.5. The van der Waals surface area contributed by atoms with Gasteiger partial charge in [-0.05, 0) is 25.8 Å². The lowest BCUT2D eigenvalue weighted by atomic mass is 9.84. The summed E-state index contributed by atoms with van der Waals surface area (Å²) in [5, 5.41) is 0.599. The first-order valence-electron chi connectivity index (χ1n) is 6.84. The number of halogens is 1. The molecule has 0 spiro atoms. The normalized spacial score (nSPS) is 16.9. The number of pyridine rings is 1. The summed E-state index contributed by atoms with van der Waals surface area (Å²) in [6.45, 7) is 1.61. The molecule has 1 fully saturated rings. The van der Waals surface area contributed by atoms with Gasteiger partial charge in [0.15, 0.2) is 5.78 Å². The number of ketones is 1. The van der Waals surface area contributed by atoms with Crippen LogP contribution in [0, 0.1) is 0 Å². The lowest BCUT2D eigenvalue weighted by molar-refractivity contribution is 0.101. The minimum Gasteiger partial charge on any atom is -0.301 e. The highest BCUT2D eigenvalue weighted by molar-refractivity contribution is 6.34. The lowest BCUT2D eigenvalue weighted by Gasteiger charge is -2.25. The largest absolute Gasteiger partial charge is 0.301 e. The van der Waals surface area contributed by atoms with Crippen molar-refractivity contribution in [2.45, 2.75) is 44.9 Å². The van der Waals surface area contributed by atoms with Crippen molar-refractivity contribution in [2.24, 2.45) is 0 Å². The summed E-state index contributed by atoms with van der Waals surface area (Å²) >= 11 is 6.25. The fraction of sp³-hybridized carbons (Fsp3) is 0.467. The summed E-state index contributed by atoms with van der Waals surface area (Å²) in [7, 11) is 0. The van der Waals surface area contributed by atoms with E-state index in [1.54, 1.807) is 19.4 Å². The third-order valence-electron chi connectivity index (χ3n) is 4.06. The molecule has 2 aromatic heterocycles. The molecule has 0 amide bonds. The van der Waals surface area contributed by atoms with Gasteiger partial charge in [-0.2, -0.15) is 0 Å². The molecule has 0 unspecified atom stereocenters. The highest BCUT2D eigenvalue weighted by Gasteiger charge is 2.24. The Morgan fingerprint density at radius 1 is 1.37 bits per heavy atom. The molecular weight excluding hydrogens is 260 g/mol. The van der Waals surface area contributed by atoms with E-state index in [-0.39, 0.29) is 5.78 Å². The Labute approximate surface area is 117 Å². The standard InChI is InChI=1S/C15H17ClN2O/c1-10(19)12-7-13(16)14-8-17-9-18(14)15(12)11-5-3-2-4-6-11/h7-9,11H,2-6H2,1H3. The molecular formula is C15H17ClN2O. The Morgan fingerprint density at radius 2 is 2.11 bits per heavy atom. The van der Waals surface area contributed by atoms with Crippen molar-refractivity contribution in [1.29, 1.82) is 0 Å². The smallest absolute Gasteiger partial charge is 0.161 e. The van der Waals surface area contributed by atoms with Crippen LogP contribution in [-0.4, -0.2) is 15.2 Å². The van der Waals surface area contributed by atoms with Crippen LogP contribution in [0.2, 0.25) is 5.02 Å². The first-order chi connectivity index (χ1) is 9.18. The van der Waals surface area contributed by atoms with Crippen LogP contribution in [0.4, 0.5) is 0 Å². The molecule has 1 aliphatic rings. The van der Waals surface area contributed by atoms with Gasteiger partial charge in [0.05, 0.1) is 23.1 Å². The monoisotopic (exact) mass is 276 g/mol. The van der Waals surface area contributed by atoms with Gasteiger partial charge in [-0.15, -0.1) is 0 Å². The van der Waals surface area contributed by atoms with Gasteiger partial charge < -0.3 is 4.40 Å². The van der Waals surface area contributed by atoms with Crippen molar-refractivity contribution in [3.8, 4) is 0 Å². The number of imidazole rings is 1. The average Bonchev–Trinajstić information content (AvgIpc) is 2.89. The van der Waals surface area contributed by atoms with E-state index < -0.39 is 0 Å². The second-order valence-corrected chi connectivity index (χ2v) is 5.74. The van der Waals surface area contributed by atoms with Gasteiger partial charge in [0.2, 0.25) is 0 Å². The van der Waals surface area contributed by atoms with Gasteiger partial charge >= 0.3 is 0 Å². The lowest BCUT2D eigenvalue weighted by Crippen LogP contribution is -2.14. The van der Waals surface area contributed by atoms with Crippen molar-refractivity contribution < 1.29 is 4.79 Å². The third-order valence-corrected chi connectivity index (χ3v) is 4.36. The van der Waals surface area contributed by atoms with E-state index in [1.807, 2.05) is 10.5 Å². The summed E-state index contributed by atoms with van der Waals surface area (Å²) in [5.74, 6) is 0.527. The van der Waals surface area contributed by atoms with E-state index in [0.717, 1.165) is 29.6 Å². The number of nitrogens with zero attached hydrogens (tertiary/aromatic N) is 2. The zero-order valence-corrected chi connectivity index (χ0v) is 11.8. The van der Waals surface area contributed by atoms with Crippen molar-refractivity contribution >= 4 is 22.9 Å². The Bertz CT molecular complexity index is 626. The molecule has 100 valence electrons. The van der Waals surface area contributed by atoms with E-state index in [4.69, 9.17) is 11.6 Å². The summed E-state index contributed by atoms with van der Waals surface area (Å²) in [4.78, 5) is 16.1. The van der Waals surface area contributed by atoms with E-state index in [9.17, 15) is 4.79 Å². The molecule has 19 heavy (non-hydrogen) atoms. The molecule has 3 nitrogen and oxygen atoms in total. The number of rotatable bonds is 2. The van der Waals surface area contributed by atoms with Crippen LogP contribution in [-0.2, 0) is 0 Å². The summed E-state index contributed by atoms with van der Waals surface area (Å²) < 4.78 is 2.01. The molecule has 4 heteroatoms. The third kappa shape index (κ3) is 2.16. The quantitative estimate of drug-likeness (QED) is 0.769. The topological polar surface area (TPSA) is 34.4 Å². The summed E-state index contributed by atoms with van der Waals surface area (Å²) in [5.41, 5.74) is 2.75. The van der Waals surface area contributed by atoms with E-state index >= 15 is 0 Å². The molecule has 2 heterocycles. The number of aromatic nitrogens is 2. The van der Waals surface area contributed by atoms with Crippen molar-refractivity contribution in [2.75, 3.05) is 0 Å². The molecule has 0 saturated heterocycles. The van der Waals surface area contributed by atoms with Gasteiger partial charge in [-0.3, -0.25) is 4.79 Å². The number of carbonyl (C=O) groups is 1. The number of fused-ring (bicyclic) bond motifs is 1. The first kappa shape index (κ1) is 12.7. The fourth-order valence-electron chi connectivity index (χ4n) is 3.14. The Kier molecular flexibility index (Phi) is 3.31. The number of hydrogen-bond acceptors (Lipinski definition) is 2. The Hall–Kier alpha value is -1.35. The minimum absolute atomic E-state index is 0.0815. The number of carbonyl (C=O) groups excluding carboxylic acids is 1. The molecule has 3 rings (SSSR count). The Balaban J connectivity index is 2.23. The zero-order chi connectivity index (χ0) is 13.4. The van der Waals surface area contributed by atoms with Crippen LogP contribution in [0.25, 0.3) is 5.52 Å². The molecule has 1 aliphatic carbocycles. The minimum atomic E-state index is 0.0815. The second kappa shape index (κ2) is 4.97. The van der Waals surface area contributed by atoms with Gasteiger partial charge in [0.25, 0.3) is 0 Å². The molecule has 0 radical (unpaired) electrons. The number of Topliss-reactive ketones (excluding diaryl/α,β-unsaturated/α-hetero) is 1. The summed E-state index contributed by atoms with van der Waals surface area (Å²) in [6, 6.07) is 1.81. The van der Waals surface area contributed by atoms with Crippen molar-refractivity contribution in [1.82, 2.24) is 9.38 Å². The van der Waals surface area contributed by atoms with Gasteiger partial charge in [-0.25, -0.2) is 4.98 Å². The maximum Gasteiger partial charge on any atom is 0.161 e. The predicted molar refractivity (Wildman–Crippen MR) is 76.0 cm³/mol. The van der Waals surface area contributed by atoms with E-state index in [1.165, 1.54) is 19.3 Å². The van der Waals surface area contributed by atoms with Crippen LogP contribution in [0.5, 0.6) is 0 Å². The van der Waals surface area contributed by atoms with Crippen LogP contribution in [0.3, 0.4) is 0 Å². The summed E-state index contributed by atoms with van der Waals surface area (Å²) in [6.07, 6.45) is 9.61. The highest BCUT2D eigenvalue weighted by Crippen LogP contribution is 2.36. The molecule has 2 aromatic rings. The van der Waals surface area contributed by atoms with Gasteiger partial charge in [-0.1, -0.05) is 30.9 Å². The SMILES string of the molecule is CC(=O)c1cc(Cl)c2cncn2c1C1CCCCC1. The maximum absolute atomic E-state index is 11.9. The van der Waals surface area contributed by atoms with Gasteiger partial charge in [0, 0.05) is 17.2 Å². The van der Waals surface area contributed by atoms with E-state index in [0.29, 0.717) is 10.9 Å². The first-order valence-corrected chi connectivity index (χ1v) is 7.21. The van der Waals surface area contributed by atoms with Crippen LogP contribution in [0.15, 0.2) is 18.6 Å². The van der Waals surface area contributed by atoms with Crippen molar-refractivity contribution in [3.63, 3.8) is 0 Å². The molecule has 0 aromatic carbocycles. The molecule has 0 atom stereocenters. The molecule has 0 aliphatic heterocycles.